The Balaban J connectivity index is 0.00000180. The largest absolute Gasteiger partial charge is 0.494 e. The van der Waals surface area contributed by atoms with E-state index in [1.165, 1.54) is 0 Å². The average Bonchev–Trinajstić information content (AvgIpc) is 2.89. The molecule has 1 aromatic heterocycles. The van der Waals surface area contributed by atoms with Crippen LogP contribution >= 0.6 is 12.4 Å². The van der Waals surface area contributed by atoms with Crippen molar-refractivity contribution in [3.63, 3.8) is 0 Å². The molecule has 0 bridgehead atoms. The monoisotopic (exact) mass is 281 g/mol. The van der Waals surface area contributed by atoms with Gasteiger partial charge in [0.05, 0.1) is 12.9 Å². The standard InChI is InChI=1S/C13H15N3O2.ClH/c14-13(17)2-1-9-18-12-5-3-11(4-6-12)16-8-7-15-10-16;/h3-8,10H,1-2,9H2,(H2,14,17);1H. The Morgan fingerprint density at radius 2 is 2.05 bits per heavy atom. The first-order chi connectivity index (χ1) is 8.75. The summed E-state index contributed by atoms with van der Waals surface area (Å²) in [5.74, 6) is 0.484. The predicted molar refractivity (Wildman–Crippen MR) is 74.7 cm³/mol. The van der Waals surface area contributed by atoms with Crippen LogP contribution in [-0.4, -0.2) is 22.1 Å². The molecular formula is C13H16ClN3O2. The molecule has 0 aliphatic rings. The lowest BCUT2D eigenvalue weighted by atomic mass is 10.3. The van der Waals surface area contributed by atoms with Crippen molar-refractivity contribution in [2.75, 3.05) is 6.61 Å². The number of nitrogens with zero attached hydrogens (tertiary/aromatic N) is 2. The minimum Gasteiger partial charge on any atom is -0.494 e. The van der Waals surface area contributed by atoms with Crippen LogP contribution in [0, 0.1) is 0 Å². The minimum atomic E-state index is -0.297. The van der Waals surface area contributed by atoms with E-state index >= 15 is 0 Å². The van der Waals surface area contributed by atoms with Crippen LogP contribution in [-0.2, 0) is 4.79 Å². The summed E-state index contributed by atoms with van der Waals surface area (Å²) in [6.45, 7) is 0.493. The molecule has 0 atom stereocenters. The molecule has 19 heavy (non-hydrogen) atoms. The first-order valence-electron chi connectivity index (χ1n) is 5.75. The molecule has 0 radical (unpaired) electrons. The van der Waals surface area contributed by atoms with Crippen molar-refractivity contribution in [2.24, 2.45) is 5.73 Å². The van der Waals surface area contributed by atoms with Gasteiger partial charge in [0.1, 0.15) is 5.75 Å². The number of benzene rings is 1. The first kappa shape index (κ1) is 15.0. The molecule has 2 rings (SSSR count). The molecule has 2 aromatic rings. The maximum absolute atomic E-state index is 10.5. The van der Waals surface area contributed by atoms with Gasteiger partial charge in [-0.25, -0.2) is 4.98 Å². The van der Waals surface area contributed by atoms with Crippen LogP contribution in [0.15, 0.2) is 43.0 Å². The Hall–Kier alpha value is -2.01. The summed E-state index contributed by atoms with van der Waals surface area (Å²) in [6.07, 6.45) is 6.34. The molecule has 102 valence electrons. The van der Waals surface area contributed by atoms with E-state index in [0.29, 0.717) is 19.4 Å². The lowest BCUT2D eigenvalue weighted by molar-refractivity contribution is -0.118. The SMILES string of the molecule is Cl.NC(=O)CCCOc1ccc(-n2ccnc2)cc1. The van der Waals surface area contributed by atoms with Crippen molar-refractivity contribution >= 4 is 18.3 Å². The summed E-state index contributed by atoms with van der Waals surface area (Å²) < 4.78 is 7.41. The number of imidazole rings is 1. The molecule has 1 amide bonds. The number of hydrogen-bond donors (Lipinski definition) is 1. The molecule has 2 N–H and O–H groups in total. The number of carbonyl (C=O) groups excluding carboxylic acids is 1. The van der Waals surface area contributed by atoms with Crippen molar-refractivity contribution in [2.45, 2.75) is 12.8 Å². The average molecular weight is 282 g/mol. The third kappa shape index (κ3) is 4.63. The summed E-state index contributed by atoms with van der Waals surface area (Å²) in [4.78, 5) is 14.5. The van der Waals surface area contributed by atoms with Crippen LogP contribution < -0.4 is 10.5 Å². The van der Waals surface area contributed by atoms with E-state index in [1.807, 2.05) is 35.0 Å². The second-order valence-corrected chi connectivity index (χ2v) is 3.88. The van der Waals surface area contributed by atoms with Gasteiger partial charge in [0, 0.05) is 24.5 Å². The summed E-state index contributed by atoms with van der Waals surface area (Å²) in [7, 11) is 0. The Labute approximate surface area is 117 Å². The third-order valence-corrected chi connectivity index (χ3v) is 2.48. The zero-order chi connectivity index (χ0) is 12.8. The van der Waals surface area contributed by atoms with Gasteiger partial charge in [-0.05, 0) is 30.7 Å². The van der Waals surface area contributed by atoms with Crippen LogP contribution in [0.4, 0.5) is 0 Å². The highest BCUT2D eigenvalue weighted by molar-refractivity contribution is 5.85. The van der Waals surface area contributed by atoms with E-state index in [9.17, 15) is 4.79 Å². The minimum absolute atomic E-state index is 0. The Morgan fingerprint density at radius 3 is 2.63 bits per heavy atom. The van der Waals surface area contributed by atoms with Crippen LogP contribution in [0.2, 0.25) is 0 Å². The van der Waals surface area contributed by atoms with E-state index in [2.05, 4.69) is 4.98 Å². The molecule has 0 spiro atoms. The highest BCUT2D eigenvalue weighted by Crippen LogP contribution is 2.15. The fourth-order valence-electron chi connectivity index (χ4n) is 1.56. The van der Waals surface area contributed by atoms with Gasteiger partial charge >= 0.3 is 0 Å². The molecule has 0 saturated heterocycles. The smallest absolute Gasteiger partial charge is 0.217 e. The number of ether oxygens (including phenoxy) is 1. The zero-order valence-electron chi connectivity index (χ0n) is 10.4. The van der Waals surface area contributed by atoms with Crippen LogP contribution in [0.5, 0.6) is 5.75 Å². The predicted octanol–water partition coefficient (Wildman–Crippen LogP) is 1.94. The normalized spacial score (nSPS) is 9.68. The Bertz CT molecular complexity index is 497. The van der Waals surface area contributed by atoms with Gasteiger partial charge < -0.3 is 15.0 Å². The number of rotatable bonds is 6. The van der Waals surface area contributed by atoms with Crippen LogP contribution in [0.3, 0.4) is 0 Å². The lowest BCUT2D eigenvalue weighted by Gasteiger charge is -2.07. The highest BCUT2D eigenvalue weighted by atomic mass is 35.5. The fourth-order valence-corrected chi connectivity index (χ4v) is 1.56. The van der Waals surface area contributed by atoms with E-state index in [1.54, 1.807) is 12.5 Å². The van der Waals surface area contributed by atoms with Gasteiger partial charge in [0.15, 0.2) is 0 Å². The second-order valence-electron chi connectivity index (χ2n) is 3.88. The van der Waals surface area contributed by atoms with Crippen molar-refractivity contribution in [3.05, 3.63) is 43.0 Å². The lowest BCUT2D eigenvalue weighted by Crippen LogP contribution is -2.11. The number of hydrogen-bond acceptors (Lipinski definition) is 3. The molecule has 1 aromatic carbocycles. The molecule has 6 heteroatoms. The number of aromatic nitrogens is 2. The second kappa shape index (κ2) is 7.43. The Morgan fingerprint density at radius 1 is 1.32 bits per heavy atom. The number of primary amides is 1. The summed E-state index contributed by atoms with van der Waals surface area (Å²) in [6, 6.07) is 7.68. The molecule has 5 nitrogen and oxygen atoms in total. The molecule has 1 heterocycles. The topological polar surface area (TPSA) is 70.1 Å². The van der Waals surface area contributed by atoms with Gasteiger partial charge in [-0.3, -0.25) is 4.79 Å². The van der Waals surface area contributed by atoms with Gasteiger partial charge in [-0.1, -0.05) is 0 Å². The first-order valence-corrected chi connectivity index (χ1v) is 5.75. The number of amides is 1. The molecule has 0 aliphatic carbocycles. The molecule has 0 unspecified atom stereocenters. The summed E-state index contributed by atoms with van der Waals surface area (Å²) >= 11 is 0. The van der Waals surface area contributed by atoms with Gasteiger partial charge in [-0.2, -0.15) is 0 Å². The van der Waals surface area contributed by atoms with Gasteiger partial charge in [0.2, 0.25) is 5.91 Å². The van der Waals surface area contributed by atoms with Crippen LogP contribution in [0.25, 0.3) is 5.69 Å². The van der Waals surface area contributed by atoms with E-state index in [-0.39, 0.29) is 18.3 Å². The third-order valence-electron chi connectivity index (χ3n) is 2.48. The van der Waals surface area contributed by atoms with Crippen LogP contribution in [0.1, 0.15) is 12.8 Å². The van der Waals surface area contributed by atoms with Crippen molar-refractivity contribution in [1.82, 2.24) is 9.55 Å². The van der Waals surface area contributed by atoms with Gasteiger partial charge in [0.25, 0.3) is 0 Å². The Kier molecular flexibility index (Phi) is 5.89. The maximum Gasteiger partial charge on any atom is 0.217 e. The molecule has 0 saturated carbocycles. The summed E-state index contributed by atoms with van der Waals surface area (Å²) in [5, 5.41) is 0. The fraction of sp³-hybridized carbons (Fsp3) is 0.231. The van der Waals surface area contributed by atoms with E-state index < -0.39 is 0 Å². The van der Waals surface area contributed by atoms with Gasteiger partial charge in [-0.15, -0.1) is 12.4 Å². The summed E-state index contributed by atoms with van der Waals surface area (Å²) in [5.41, 5.74) is 6.07. The van der Waals surface area contributed by atoms with Crippen molar-refractivity contribution in [3.8, 4) is 11.4 Å². The van der Waals surface area contributed by atoms with E-state index in [0.717, 1.165) is 11.4 Å². The van der Waals surface area contributed by atoms with Crippen molar-refractivity contribution in [1.29, 1.82) is 0 Å². The quantitative estimate of drug-likeness (QED) is 0.823. The molecule has 0 fully saturated rings. The zero-order valence-corrected chi connectivity index (χ0v) is 11.2. The van der Waals surface area contributed by atoms with Crippen molar-refractivity contribution < 1.29 is 9.53 Å². The highest BCUT2D eigenvalue weighted by Gasteiger charge is 1.98. The van der Waals surface area contributed by atoms with E-state index in [4.69, 9.17) is 10.5 Å². The number of carbonyl (C=O) groups is 1. The maximum atomic E-state index is 10.5. The molecule has 0 aliphatic heterocycles. The number of nitrogens with two attached hydrogens (primary N) is 1. The molecular weight excluding hydrogens is 266 g/mol. The number of halogens is 1.